The zero-order valence-electron chi connectivity index (χ0n) is 10.4. The molecule has 17 heavy (non-hydrogen) atoms. The molecule has 0 saturated heterocycles. The van der Waals surface area contributed by atoms with E-state index in [4.69, 9.17) is 0 Å². The Kier molecular flexibility index (Phi) is 3.31. The first kappa shape index (κ1) is 12.3. The summed E-state index contributed by atoms with van der Waals surface area (Å²) in [5.41, 5.74) is 0.913. The maximum absolute atomic E-state index is 11.6. The molecule has 3 heteroatoms. The van der Waals surface area contributed by atoms with Gasteiger partial charge in [0.15, 0.2) is 5.78 Å². The highest BCUT2D eigenvalue weighted by Crippen LogP contribution is 2.14. The van der Waals surface area contributed by atoms with E-state index < -0.39 is 8.07 Å². The lowest BCUT2D eigenvalue weighted by Crippen LogP contribution is -2.53. The average molecular weight is 260 g/mol. The van der Waals surface area contributed by atoms with Crippen LogP contribution in [0, 0.1) is 0 Å². The topological polar surface area (TPSA) is 17.1 Å². The van der Waals surface area contributed by atoms with Crippen molar-refractivity contribution in [1.82, 2.24) is 0 Å². The number of carbonyl (C=O) groups is 1. The first-order valence-electron chi connectivity index (χ1n) is 5.68. The zero-order chi connectivity index (χ0) is 12.5. The molecule has 1 aromatic heterocycles. The first-order chi connectivity index (χ1) is 8.03. The maximum Gasteiger partial charge on any atom is 0.160 e. The van der Waals surface area contributed by atoms with Crippen LogP contribution in [0.5, 0.6) is 0 Å². The zero-order valence-corrected chi connectivity index (χ0v) is 12.2. The van der Waals surface area contributed by atoms with E-state index in [1.807, 2.05) is 17.5 Å². The van der Waals surface area contributed by atoms with E-state index in [-0.39, 0.29) is 5.78 Å². The molecule has 0 aliphatic rings. The summed E-state index contributed by atoms with van der Waals surface area (Å²) in [5.74, 6) is 0.178. The minimum absolute atomic E-state index is 0.178. The summed E-state index contributed by atoms with van der Waals surface area (Å²) in [6.07, 6.45) is 0. The summed E-state index contributed by atoms with van der Waals surface area (Å²) in [7, 11) is -1.71. The molecule has 1 aromatic carbocycles. The van der Waals surface area contributed by atoms with Crippen molar-refractivity contribution in [2.75, 3.05) is 0 Å². The van der Waals surface area contributed by atoms with Crippen molar-refractivity contribution in [3.8, 4) is 0 Å². The van der Waals surface area contributed by atoms with Gasteiger partial charge in [-0.3, -0.25) is 4.79 Å². The molecule has 2 aromatic rings. The largest absolute Gasteiger partial charge is 0.294 e. The van der Waals surface area contributed by atoms with Gasteiger partial charge in [0.1, 0.15) is 8.07 Å². The monoisotopic (exact) mass is 260 g/mol. The second-order valence-electron chi connectivity index (χ2n) is 4.71. The SMILES string of the molecule is CC(=O)c1ccsc1[Si](C)(C)c1ccccc1. The summed E-state index contributed by atoms with van der Waals surface area (Å²) >= 11 is 1.72. The number of benzene rings is 1. The fourth-order valence-corrected chi connectivity index (χ4v) is 6.69. The molecule has 0 N–H and O–H groups in total. The molecule has 0 spiro atoms. The summed E-state index contributed by atoms with van der Waals surface area (Å²) in [5, 5.41) is 3.41. The van der Waals surface area contributed by atoms with Gasteiger partial charge in [-0.25, -0.2) is 0 Å². The van der Waals surface area contributed by atoms with Crippen LogP contribution in [-0.4, -0.2) is 13.9 Å². The van der Waals surface area contributed by atoms with Crippen molar-refractivity contribution in [1.29, 1.82) is 0 Å². The van der Waals surface area contributed by atoms with Gasteiger partial charge >= 0.3 is 0 Å². The van der Waals surface area contributed by atoms with Crippen molar-refractivity contribution < 1.29 is 4.79 Å². The lowest BCUT2D eigenvalue weighted by atomic mass is 10.2. The molecule has 2 rings (SSSR count). The van der Waals surface area contributed by atoms with Gasteiger partial charge in [-0.05, 0) is 18.4 Å². The second kappa shape index (κ2) is 4.59. The molecule has 88 valence electrons. The molecule has 0 radical (unpaired) electrons. The van der Waals surface area contributed by atoms with Gasteiger partial charge in [0.25, 0.3) is 0 Å². The lowest BCUT2D eigenvalue weighted by molar-refractivity contribution is 0.101. The van der Waals surface area contributed by atoms with Gasteiger partial charge in [0, 0.05) is 10.1 Å². The van der Waals surface area contributed by atoms with Crippen LogP contribution in [0.2, 0.25) is 13.1 Å². The molecular formula is C14H16OSSi. The Morgan fingerprint density at radius 3 is 2.35 bits per heavy atom. The van der Waals surface area contributed by atoms with Crippen LogP contribution in [0.25, 0.3) is 0 Å². The van der Waals surface area contributed by atoms with Crippen LogP contribution in [0.4, 0.5) is 0 Å². The summed E-state index contributed by atoms with van der Waals surface area (Å²) in [6.45, 7) is 6.27. The van der Waals surface area contributed by atoms with Gasteiger partial charge < -0.3 is 0 Å². The van der Waals surface area contributed by atoms with E-state index in [1.54, 1.807) is 18.3 Å². The Bertz CT molecular complexity index is 528. The van der Waals surface area contributed by atoms with Crippen LogP contribution >= 0.6 is 11.3 Å². The van der Waals surface area contributed by atoms with Crippen LogP contribution in [0.3, 0.4) is 0 Å². The number of hydrogen-bond donors (Lipinski definition) is 0. The maximum atomic E-state index is 11.6. The van der Waals surface area contributed by atoms with Crippen molar-refractivity contribution in [3.63, 3.8) is 0 Å². The Morgan fingerprint density at radius 2 is 1.76 bits per heavy atom. The molecule has 0 saturated carbocycles. The molecule has 0 fully saturated rings. The lowest BCUT2D eigenvalue weighted by Gasteiger charge is -2.22. The third-order valence-corrected chi connectivity index (χ3v) is 8.90. The molecule has 0 amide bonds. The Balaban J connectivity index is 2.52. The van der Waals surface area contributed by atoms with Crippen LogP contribution in [-0.2, 0) is 0 Å². The van der Waals surface area contributed by atoms with E-state index >= 15 is 0 Å². The molecule has 0 atom stereocenters. The van der Waals surface area contributed by atoms with Crippen molar-refractivity contribution in [3.05, 3.63) is 47.3 Å². The van der Waals surface area contributed by atoms with E-state index in [2.05, 4.69) is 37.4 Å². The minimum atomic E-state index is -1.71. The summed E-state index contributed by atoms with van der Waals surface area (Å²) < 4.78 is 1.29. The minimum Gasteiger partial charge on any atom is -0.294 e. The van der Waals surface area contributed by atoms with Crippen molar-refractivity contribution in [2.24, 2.45) is 0 Å². The fraction of sp³-hybridized carbons (Fsp3) is 0.214. The smallest absolute Gasteiger partial charge is 0.160 e. The highest BCUT2D eigenvalue weighted by molar-refractivity contribution is 7.28. The molecule has 0 bridgehead atoms. The molecule has 0 aliphatic carbocycles. The van der Waals surface area contributed by atoms with Crippen LogP contribution in [0.1, 0.15) is 17.3 Å². The number of thiophene rings is 1. The number of carbonyl (C=O) groups excluding carboxylic acids is 1. The first-order valence-corrected chi connectivity index (χ1v) is 9.56. The highest BCUT2D eigenvalue weighted by Gasteiger charge is 2.30. The normalized spacial score (nSPS) is 11.5. The number of ketones is 1. The quantitative estimate of drug-likeness (QED) is 0.612. The number of Topliss-reactive ketones (excluding diaryl/α,β-unsaturated/α-hetero) is 1. The Hall–Kier alpha value is -1.19. The molecule has 0 unspecified atom stereocenters. The third-order valence-electron chi connectivity index (χ3n) is 3.11. The van der Waals surface area contributed by atoms with E-state index in [9.17, 15) is 4.79 Å². The number of hydrogen-bond acceptors (Lipinski definition) is 2. The second-order valence-corrected chi connectivity index (χ2v) is 10.3. The third kappa shape index (κ3) is 2.26. The molecule has 1 heterocycles. The van der Waals surface area contributed by atoms with Gasteiger partial charge in [0.2, 0.25) is 0 Å². The number of rotatable bonds is 3. The van der Waals surface area contributed by atoms with Crippen molar-refractivity contribution >= 4 is 34.9 Å². The molecular weight excluding hydrogens is 244 g/mol. The van der Waals surface area contributed by atoms with Crippen molar-refractivity contribution in [2.45, 2.75) is 20.0 Å². The predicted molar refractivity (Wildman–Crippen MR) is 77.5 cm³/mol. The van der Waals surface area contributed by atoms with E-state index in [1.165, 1.54) is 9.69 Å². The Labute approximate surface area is 107 Å². The van der Waals surface area contributed by atoms with E-state index in [0.29, 0.717) is 0 Å². The Morgan fingerprint density at radius 1 is 1.12 bits per heavy atom. The molecule has 1 nitrogen and oxygen atoms in total. The standard InChI is InChI=1S/C14H16OSSi/c1-11(15)13-9-10-16-14(13)17(2,3)12-7-5-4-6-8-12/h4-10H,1-3H3. The van der Waals surface area contributed by atoms with Crippen LogP contribution < -0.4 is 9.69 Å². The summed E-state index contributed by atoms with van der Waals surface area (Å²) in [6, 6.07) is 12.5. The summed E-state index contributed by atoms with van der Waals surface area (Å²) in [4.78, 5) is 11.6. The predicted octanol–water partition coefficient (Wildman–Crippen LogP) is 2.77. The van der Waals surface area contributed by atoms with Gasteiger partial charge in [-0.15, -0.1) is 0 Å². The van der Waals surface area contributed by atoms with E-state index in [0.717, 1.165) is 5.56 Å². The average Bonchev–Trinajstić information content (AvgIpc) is 2.80. The highest BCUT2D eigenvalue weighted by atomic mass is 32.1. The van der Waals surface area contributed by atoms with Gasteiger partial charge in [-0.2, -0.15) is 11.3 Å². The van der Waals surface area contributed by atoms with Gasteiger partial charge in [-0.1, -0.05) is 48.6 Å². The van der Waals surface area contributed by atoms with Gasteiger partial charge in [0.05, 0.1) is 0 Å². The fourth-order valence-electron chi connectivity index (χ4n) is 2.06. The molecule has 0 aliphatic heterocycles. The van der Waals surface area contributed by atoms with Crippen LogP contribution in [0.15, 0.2) is 41.8 Å².